The summed E-state index contributed by atoms with van der Waals surface area (Å²) in [4.78, 5) is 17.4. The third kappa shape index (κ3) is 388. The zero-order valence-corrected chi connectivity index (χ0v) is 6.73. The van der Waals surface area contributed by atoms with Crippen LogP contribution in [0, 0.1) is 0 Å². The smallest absolute Gasteiger partial charge is 0.542 e. The molecule has 0 atom stereocenters. The molecule has 36 valence electrons. The summed E-state index contributed by atoms with van der Waals surface area (Å²) in [5.41, 5.74) is 0. The van der Waals surface area contributed by atoms with E-state index in [9.17, 15) is 0 Å². The summed E-state index contributed by atoms with van der Waals surface area (Å²) in [6.45, 7) is 2.64. The fraction of sp³-hybridized carbons (Fsp3) is 0.500. The van der Waals surface area contributed by atoms with Crippen LogP contribution < -0.4 is 0 Å². The van der Waals surface area contributed by atoms with Gasteiger partial charge in [-0.3, -0.25) is 12.6 Å². The Labute approximate surface area is 73.3 Å². The van der Waals surface area contributed by atoms with Crippen LogP contribution in [0.1, 0.15) is 13.8 Å². The minimum Gasteiger partial charge on any atom is -0.542 e. The molecular formula is C4H6CaO2. The van der Waals surface area contributed by atoms with Gasteiger partial charge in [-0.15, -0.1) is 0 Å². The van der Waals surface area contributed by atoms with Crippen LogP contribution in [0.2, 0.25) is 0 Å². The molecule has 0 unspecified atom stereocenters. The molecule has 0 aliphatic heterocycles. The maximum absolute atomic E-state index is 8.68. The summed E-state index contributed by atoms with van der Waals surface area (Å²) < 4.78 is 0. The zero-order chi connectivity index (χ0) is 5.41. The van der Waals surface area contributed by atoms with Crippen molar-refractivity contribution in [1.29, 1.82) is 0 Å². The van der Waals surface area contributed by atoms with E-state index in [-0.39, 0.29) is 37.7 Å². The molecule has 2 nitrogen and oxygen atoms in total. The van der Waals surface area contributed by atoms with E-state index in [1.807, 2.05) is 0 Å². The molecule has 0 amide bonds. The van der Waals surface area contributed by atoms with Crippen LogP contribution >= 0.6 is 0 Å². The van der Waals surface area contributed by atoms with E-state index in [1.54, 1.807) is 0 Å². The summed E-state index contributed by atoms with van der Waals surface area (Å²) >= 11 is 0. The minimum atomic E-state index is 0. The molecule has 7 heavy (non-hydrogen) atoms. The van der Waals surface area contributed by atoms with Gasteiger partial charge in [0.05, 0.1) is 0 Å². The van der Waals surface area contributed by atoms with E-state index in [0.29, 0.717) is 0 Å². The monoisotopic (exact) mass is 126 g/mol. The first kappa shape index (κ1) is 15.6. The van der Waals surface area contributed by atoms with Crippen LogP contribution in [-0.4, -0.2) is 50.3 Å². The Bertz CT molecular complexity index is 30.7. The number of carbonyl (C=O) groups excluding carboxylic acids is 2. The molecule has 0 rings (SSSR count). The number of hydrogen-bond donors (Lipinski definition) is 0. The fourth-order valence-electron chi connectivity index (χ4n) is 0. The van der Waals surface area contributed by atoms with Crippen LogP contribution in [0.5, 0.6) is 0 Å². The second-order valence-electron chi connectivity index (χ2n) is 0.408. The molecule has 0 radical (unpaired) electrons. The van der Waals surface area contributed by atoms with Crippen molar-refractivity contribution < 1.29 is 9.59 Å². The predicted molar refractivity (Wildman–Crippen MR) is 28.5 cm³/mol. The van der Waals surface area contributed by atoms with E-state index >= 15 is 0 Å². The maximum atomic E-state index is 8.68. The second-order valence-corrected chi connectivity index (χ2v) is 0.408. The van der Waals surface area contributed by atoms with Crippen molar-refractivity contribution in [3.63, 3.8) is 0 Å². The van der Waals surface area contributed by atoms with Crippen LogP contribution in [0.25, 0.3) is 0 Å². The maximum Gasteiger partial charge on any atom is 2.00 e. The first-order valence-corrected chi connectivity index (χ1v) is 1.41. The Kier molecular flexibility index (Phi) is 68.4. The summed E-state index contributed by atoms with van der Waals surface area (Å²) in [5, 5.41) is 0. The van der Waals surface area contributed by atoms with Gasteiger partial charge in [-0.1, -0.05) is 0 Å². The van der Waals surface area contributed by atoms with E-state index in [0.717, 1.165) is 0 Å². The van der Waals surface area contributed by atoms with Gasteiger partial charge in [0.1, 0.15) is 0 Å². The normalized spacial score (nSPS) is 3.71. The number of hydrogen-bond acceptors (Lipinski definition) is 2. The van der Waals surface area contributed by atoms with Gasteiger partial charge in [0, 0.05) is 0 Å². The molecule has 0 saturated heterocycles. The molecule has 0 aromatic heterocycles. The van der Waals surface area contributed by atoms with Crippen molar-refractivity contribution >= 4 is 50.3 Å². The Balaban J connectivity index is -0.0000000400. The van der Waals surface area contributed by atoms with Crippen molar-refractivity contribution in [2.75, 3.05) is 0 Å². The molecule has 0 aliphatic carbocycles. The van der Waals surface area contributed by atoms with E-state index < -0.39 is 0 Å². The van der Waals surface area contributed by atoms with Crippen molar-refractivity contribution in [3.8, 4) is 0 Å². The topological polar surface area (TPSA) is 34.1 Å². The van der Waals surface area contributed by atoms with Gasteiger partial charge in [-0.05, 0) is 0 Å². The van der Waals surface area contributed by atoms with Gasteiger partial charge in [-0.2, -0.15) is 13.8 Å². The molecule has 0 bridgehead atoms. The standard InChI is InChI=1S/2C2H3O.Ca/c2*1-2-3;/h2*1H3;/q2*-1;+2. The van der Waals surface area contributed by atoms with E-state index in [2.05, 4.69) is 0 Å². The van der Waals surface area contributed by atoms with Gasteiger partial charge in [0.2, 0.25) is 0 Å². The Morgan fingerprint density at radius 2 is 1.00 bits per heavy atom. The molecule has 0 spiro atoms. The van der Waals surface area contributed by atoms with Crippen LogP contribution in [0.15, 0.2) is 0 Å². The molecule has 3 heteroatoms. The Morgan fingerprint density at radius 3 is 1.00 bits per heavy atom. The number of rotatable bonds is 0. The molecular weight excluding hydrogens is 120 g/mol. The van der Waals surface area contributed by atoms with Crippen molar-refractivity contribution in [1.82, 2.24) is 0 Å². The summed E-state index contributed by atoms with van der Waals surface area (Å²) in [7, 11) is 0. The van der Waals surface area contributed by atoms with Crippen LogP contribution in [0.3, 0.4) is 0 Å². The predicted octanol–water partition coefficient (Wildman–Crippen LogP) is -0.149. The van der Waals surface area contributed by atoms with E-state index in [1.165, 1.54) is 26.4 Å². The largest absolute Gasteiger partial charge is 2.00 e. The average molecular weight is 126 g/mol. The SMILES string of the molecule is C[C-]=O.C[C-]=O.[Ca+2]. The molecule has 0 aromatic rings. The fourth-order valence-corrected chi connectivity index (χ4v) is 0. The first-order chi connectivity index (χ1) is 2.83. The molecule has 0 saturated carbocycles. The molecule has 0 heterocycles. The first-order valence-electron chi connectivity index (χ1n) is 1.41. The quantitative estimate of drug-likeness (QED) is 0.334. The van der Waals surface area contributed by atoms with Crippen molar-refractivity contribution in [2.45, 2.75) is 13.8 Å². The van der Waals surface area contributed by atoms with Gasteiger partial charge in [0.15, 0.2) is 0 Å². The van der Waals surface area contributed by atoms with Gasteiger partial charge < -0.3 is 9.59 Å². The molecule has 0 N–H and O–H groups in total. The molecule has 0 aliphatic rings. The third-order valence-corrected chi connectivity index (χ3v) is 0. The van der Waals surface area contributed by atoms with Gasteiger partial charge in [0.25, 0.3) is 0 Å². The van der Waals surface area contributed by atoms with Gasteiger partial charge >= 0.3 is 37.7 Å². The Hall–Kier alpha value is 0.600. The summed E-state index contributed by atoms with van der Waals surface area (Å²) in [6.07, 6.45) is 3.00. The van der Waals surface area contributed by atoms with Gasteiger partial charge in [-0.25, -0.2) is 0 Å². The minimum absolute atomic E-state index is 0. The zero-order valence-electron chi connectivity index (χ0n) is 4.52. The summed E-state index contributed by atoms with van der Waals surface area (Å²) in [6, 6.07) is 0. The Morgan fingerprint density at radius 1 is 1.00 bits per heavy atom. The van der Waals surface area contributed by atoms with Crippen molar-refractivity contribution in [2.24, 2.45) is 0 Å². The van der Waals surface area contributed by atoms with E-state index in [4.69, 9.17) is 9.59 Å². The second kappa shape index (κ2) is 30.6. The third-order valence-electron chi connectivity index (χ3n) is 0. The van der Waals surface area contributed by atoms with Crippen LogP contribution in [0.4, 0.5) is 0 Å². The average Bonchev–Trinajstić information content (AvgIpc) is 1.39. The molecule has 0 aromatic carbocycles. The van der Waals surface area contributed by atoms with Crippen LogP contribution in [-0.2, 0) is 9.59 Å². The molecule has 0 fully saturated rings. The summed E-state index contributed by atoms with van der Waals surface area (Å²) in [5.74, 6) is 0. The van der Waals surface area contributed by atoms with Crippen molar-refractivity contribution in [3.05, 3.63) is 0 Å².